The second-order valence-electron chi connectivity index (χ2n) is 5.78. The van der Waals surface area contributed by atoms with E-state index in [2.05, 4.69) is 0 Å². The molecule has 0 radical (unpaired) electrons. The molecule has 5 nitrogen and oxygen atoms in total. The molecule has 1 N–H and O–H groups in total. The number of fused-ring (bicyclic) bond motifs is 1. The van der Waals surface area contributed by atoms with Crippen LogP contribution in [0.1, 0.15) is 20.9 Å². The van der Waals surface area contributed by atoms with Crippen molar-refractivity contribution in [3.8, 4) is 5.75 Å². The Hall–Kier alpha value is -2.10. The fourth-order valence-corrected chi connectivity index (χ4v) is 4.87. The number of carbonyl (C=O) groups excluding carboxylic acids is 1. The third-order valence-corrected chi connectivity index (χ3v) is 6.39. The maximum atomic E-state index is 13.1. The van der Waals surface area contributed by atoms with Gasteiger partial charge in [-0.3, -0.25) is 14.2 Å². The summed E-state index contributed by atoms with van der Waals surface area (Å²) in [5.41, 5.74) is 1.34. The van der Waals surface area contributed by atoms with Crippen LogP contribution in [0.15, 0.2) is 28.5 Å². The van der Waals surface area contributed by atoms with Gasteiger partial charge in [-0.15, -0.1) is 11.3 Å². The molecule has 0 aliphatic rings. The van der Waals surface area contributed by atoms with Gasteiger partial charge < -0.3 is 9.84 Å². The molecule has 2 heterocycles. The van der Waals surface area contributed by atoms with E-state index in [0.717, 1.165) is 11.3 Å². The van der Waals surface area contributed by atoms with Crippen molar-refractivity contribution in [2.24, 2.45) is 0 Å². The molecule has 3 aromatic rings. The van der Waals surface area contributed by atoms with Gasteiger partial charge in [0.2, 0.25) is 0 Å². The Balaban J connectivity index is 2.18. The summed E-state index contributed by atoms with van der Waals surface area (Å²) >= 11 is 7.53. The number of aromatic nitrogens is 1. The van der Waals surface area contributed by atoms with Gasteiger partial charge in [0, 0.05) is 11.1 Å². The van der Waals surface area contributed by atoms with E-state index >= 15 is 0 Å². The lowest BCUT2D eigenvalue weighted by molar-refractivity contribution is -0.136. The minimum Gasteiger partial charge on any atom is -0.495 e. The summed E-state index contributed by atoms with van der Waals surface area (Å²) in [7, 11) is 1.44. The fraction of sp³-hybridized carbons (Fsp3) is 0.222. The number of nitrogens with zero attached hydrogens (tertiary/aromatic N) is 1. The molecule has 10 heteroatoms. The molecule has 28 heavy (non-hydrogen) atoms. The third-order valence-electron chi connectivity index (χ3n) is 4.14. The van der Waals surface area contributed by atoms with Crippen LogP contribution in [-0.4, -0.2) is 34.4 Å². The van der Waals surface area contributed by atoms with Crippen molar-refractivity contribution < 1.29 is 28.2 Å². The van der Waals surface area contributed by atoms with Gasteiger partial charge in [0.25, 0.3) is 11.7 Å². The summed E-state index contributed by atoms with van der Waals surface area (Å²) in [6.45, 7) is 1.64. The first-order chi connectivity index (χ1) is 13.2. The van der Waals surface area contributed by atoms with Crippen molar-refractivity contribution in [3.05, 3.63) is 45.4 Å². The van der Waals surface area contributed by atoms with Crippen LogP contribution in [-0.2, 0) is 11.2 Å². The highest BCUT2D eigenvalue weighted by Crippen LogP contribution is 2.37. The maximum Gasteiger partial charge on any atom is 0.307 e. The highest BCUT2D eigenvalue weighted by molar-refractivity contribution is 8.01. The third kappa shape index (κ3) is 3.87. The normalized spacial score (nSPS) is 11.4. The zero-order valence-electron chi connectivity index (χ0n) is 14.7. The summed E-state index contributed by atoms with van der Waals surface area (Å²) < 4.78 is 32.0. The average Bonchev–Trinajstić information content (AvgIpc) is 3.16. The number of ether oxygens (including phenoxy) is 1. The first-order valence-corrected chi connectivity index (χ1v) is 9.99. The quantitative estimate of drug-likeness (QED) is 0.521. The van der Waals surface area contributed by atoms with Gasteiger partial charge in [-0.1, -0.05) is 11.6 Å². The molecule has 1 aromatic carbocycles. The minimum atomic E-state index is -2.58. The van der Waals surface area contributed by atoms with Crippen LogP contribution in [0.4, 0.5) is 8.78 Å². The molecule has 0 saturated carbocycles. The molecule has 0 aliphatic carbocycles. The summed E-state index contributed by atoms with van der Waals surface area (Å²) in [6.07, 6.45) is -0.287. The van der Waals surface area contributed by atoms with Crippen molar-refractivity contribution in [1.82, 2.24) is 4.57 Å². The standard InChI is InChI=1S/C18H14ClF2NO4S2/c1-8-9(6-15(23)24)10-5-13(26-2)11(19)7-12(10)22(8)17(25)14-3-4-16(27-14)28-18(20)21/h3-5,7,18H,6H2,1-2H3,(H,23,24). The average molecular weight is 446 g/mol. The first-order valence-electron chi connectivity index (χ1n) is 7.91. The number of halogens is 3. The summed E-state index contributed by atoms with van der Waals surface area (Å²) in [6, 6.07) is 6.07. The van der Waals surface area contributed by atoms with Crippen molar-refractivity contribution in [2.75, 3.05) is 7.11 Å². The van der Waals surface area contributed by atoms with Gasteiger partial charge in [-0.2, -0.15) is 8.78 Å². The Labute approximate surface area is 171 Å². The smallest absolute Gasteiger partial charge is 0.307 e. The molecule has 3 rings (SSSR count). The number of carboxylic acid groups (broad SMARTS) is 1. The number of carbonyl (C=O) groups is 2. The van der Waals surface area contributed by atoms with Crippen molar-refractivity contribution in [2.45, 2.75) is 23.3 Å². The molecule has 0 spiro atoms. The van der Waals surface area contributed by atoms with Crippen LogP contribution >= 0.6 is 34.7 Å². The Bertz CT molecular complexity index is 1080. The van der Waals surface area contributed by atoms with Crippen molar-refractivity contribution in [3.63, 3.8) is 0 Å². The van der Waals surface area contributed by atoms with E-state index in [1.165, 1.54) is 29.9 Å². The number of hydrogen-bond acceptors (Lipinski definition) is 5. The highest BCUT2D eigenvalue weighted by atomic mass is 35.5. The lowest BCUT2D eigenvalue weighted by atomic mass is 10.1. The molecule has 2 aromatic heterocycles. The minimum absolute atomic E-state index is 0.261. The number of benzene rings is 1. The molecule has 0 atom stereocenters. The van der Waals surface area contributed by atoms with E-state index in [-0.39, 0.29) is 16.3 Å². The number of carboxylic acids is 1. The molecule has 0 fully saturated rings. The predicted molar refractivity (Wildman–Crippen MR) is 105 cm³/mol. The lowest BCUT2D eigenvalue weighted by Gasteiger charge is -2.07. The highest BCUT2D eigenvalue weighted by Gasteiger charge is 2.24. The van der Waals surface area contributed by atoms with E-state index < -0.39 is 17.6 Å². The zero-order chi connectivity index (χ0) is 20.6. The number of aliphatic carboxylic acids is 1. The number of thiophene rings is 1. The van der Waals surface area contributed by atoms with E-state index in [1.807, 2.05) is 0 Å². The molecular weight excluding hydrogens is 432 g/mol. The van der Waals surface area contributed by atoms with Gasteiger partial charge in [0.05, 0.1) is 33.2 Å². The maximum absolute atomic E-state index is 13.1. The molecule has 0 unspecified atom stereocenters. The Morgan fingerprint density at radius 1 is 1.36 bits per heavy atom. The number of rotatable bonds is 6. The Morgan fingerprint density at radius 2 is 2.07 bits per heavy atom. The van der Waals surface area contributed by atoms with Crippen LogP contribution in [0.5, 0.6) is 5.75 Å². The summed E-state index contributed by atoms with van der Waals surface area (Å²) in [5.74, 6) is -3.71. The number of methoxy groups -OCH3 is 1. The number of thioether (sulfide) groups is 1. The second-order valence-corrected chi connectivity index (χ2v) is 8.56. The molecule has 0 aliphatic heterocycles. The van der Waals surface area contributed by atoms with Crippen LogP contribution in [0.25, 0.3) is 10.9 Å². The molecule has 0 amide bonds. The van der Waals surface area contributed by atoms with E-state index in [1.54, 1.807) is 13.0 Å². The van der Waals surface area contributed by atoms with Gasteiger partial charge in [0.1, 0.15) is 5.75 Å². The van der Waals surface area contributed by atoms with Crippen LogP contribution in [0.3, 0.4) is 0 Å². The number of hydrogen-bond donors (Lipinski definition) is 1. The summed E-state index contributed by atoms with van der Waals surface area (Å²) in [5, 5.41) is 10.1. The first kappa shape index (κ1) is 20.6. The lowest BCUT2D eigenvalue weighted by Crippen LogP contribution is -2.12. The molecule has 0 saturated heterocycles. The molecular formula is C18H14ClF2NO4S2. The van der Waals surface area contributed by atoms with Gasteiger partial charge in [-0.25, -0.2) is 0 Å². The summed E-state index contributed by atoms with van der Waals surface area (Å²) in [4.78, 5) is 24.7. The largest absolute Gasteiger partial charge is 0.495 e. The van der Waals surface area contributed by atoms with Crippen LogP contribution in [0.2, 0.25) is 5.02 Å². The SMILES string of the molecule is COc1cc2c(CC(=O)O)c(C)n(C(=O)c3ccc(SC(F)F)s3)c2cc1Cl. The van der Waals surface area contributed by atoms with Crippen LogP contribution < -0.4 is 4.74 Å². The number of alkyl halides is 2. The molecule has 148 valence electrons. The van der Waals surface area contributed by atoms with E-state index in [4.69, 9.17) is 16.3 Å². The monoisotopic (exact) mass is 445 g/mol. The fourth-order valence-electron chi connectivity index (χ4n) is 2.97. The molecule has 0 bridgehead atoms. The van der Waals surface area contributed by atoms with Crippen molar-refractivity contribution >= 4 is 57.5 Å². The van der Waals surface area contributed by atoms with E-state index in [9.17, 15) is 23.5 Å². The van der Waals surface area contributed by atoms with Gasteiger partial charge >= 0.3 is 5.97 Å². The second kappa shape index (κ2) is 8.10. The predicted octanol–water partition coefficient (Wildman–Crippen LogP) is 5.30. The van der Waals surface area contributed by atoms with Crippen LogP contribution in [0, 0.1) is 6.92 Å². The van der Waals surface area contributed by atoms with Gasteiger partial charge in [-0.05, 0) is 48.5 Å². The van der Waals surface area contributed by atoms with E-state index in [0.29, 0.717) is 43.9 Å². The Kier molecular flexibility index (Phi) is 5.97. The van der Waals surface area contributed by atoms with Gasteiger partial charge in [0.15, 0.2) is 0 Å². The topological polar surface area (TPSA) is 68.5 Å². The van der Waals surface area contributed by atoms with Crippen molar-refractivity contribution in [1.29, 1.82) is 0 Å². The Morgan fingerprint density at radius 3 is 2.68 bits per heavy atom. The zero-order valence-corrected chi connectivity index (χ0v) is 17.1.